The van der Waals surface area contributed by atoms with E-state index in [1.54, 1.807) is 18.2 Å². The van der Waals surface area contributed by atoms with Crippen molar-refractivity contribution < 1.29 is 53.3 Å². The summed E-state index contributed by atoms with van der Waals surface area (Å²) >= 11 is 0. The molecule has 0 amide bonds. The molecule has 0 spiro atoms. The topological polar surface area (TPSA) is 150 Å². The molecule has 2 aliphatic rings. The van der Waals surface area contributed by atoms with Crippen molar-refractivity contribution in [2.24, 2.45) is 0 Å². The van der Waals surface area contributed by atoms with Gasteiger partial charge in [-0.3, -0.25) is 0 Å². The minimum absolute atomic E-state index is 0.114. The van der Waals surface area contributed by atoms with Gasteiger partial charge < -0.3 is 43.7 Å². The van der Waals surface area contributed by atoms with Crippen molar-refractivity contribution in [2.45, 2.75) is 57.1 Å². The van der Waals surface area contributed by atoms with Crippen molar-refractivity contribution in [3.63, 3.8) is 0 Å². The number of methoxy groups -OCH3 is 2. The third-order valence-corrected chi connectivity index (χ3v) is 5.93. The van der Waals surface area contributed by atoms with Gasteiger partial charge in [0.25, 0.3) is 0 Å². The molecule has 2 fully saturated rings. The summed E-state index contributed by atoms with van der Waals surface area (Å²) in [5, 5.41) is 30.8. The molecule has 0 aliphatic carbocycles. The zero-order valence-electron chi connectivity index (χ0n) is 21.7. The molecule has 2 heterocycles. The quantitative estimate of drug-likeness (QED) is 0.226. The van der Waals surface area contributed by atoms with Crippen molar-refractivity contribution >= 4 is 18.0 Å². The van der Waals surface area contributed by atoms with Crippen LogP contribution in [0.5, 0.6) is 11.5 Å². The molecule has 2 saturated heterocycles. The SMILES string of the molecule is COc1ccc(/C=C/C(=O)OC[C@@H]2O[C@H](OC/C=C3/C[C@H](C=C(C)C)OC3=O)[C@@H](O)[C@H](O)[C@H]2O)cc1OC. The van der Waals surface area contributed by atoms with Gasteiger partial charge >= 0.3 is 11.9 Å². The maximum absolute atomic E-state index is 12.2. The van der Waals surface area contributed by atoms with E-state index in [0.717, 1.165) is 5.57 Å². The summed E-state index contributed by atoms with van der Waals surface area (Å²) in [6.45, 7) is 3.29. The molecule has 11 heteroatoms. The molecule has 2 aliphatic heterocycles. The van der Waals surface area contributed by atoms with Gasteiger partial charge in [0.05, 0.1) is 20.8 Å². The predicted molar refractivity (Wildman–Crippen MR) is 134 cm³/mol. The van der Waals surface area contributed by atoms with E-state index in [-0.39, 0.29) is 12.7 Å². The molecule has 0 unspecified atom stereocenters. The van der Waals surface area contributed by atoms with Gasteiger partial charge in [-0.2, -0.15) is 0 Å². The van der Waals surface area contributed by atoms with Crippen LogP contribution in [0.1, 0.15) is 25.8 Å². The lowest BCUT2D eigenvalue weighted by atomic mass is 9.99. The lowest BCUT2D eigenvalue weighted by Crippen LogP contribution is -2.59. The minimum atomic E-state index is -1.61. The van der Waals surface area contributed by atoms with Gasteiger partial charge in [-0.15, -0.1) is 0 Å². The molecule has 0 saturated carbocycles. The van der Waals surface area contributed by atoms with Crippen molar-refractivity contribution in [2.75, 3.05) is 27.4 Å². The summed E-state index contributed by atoms with van der Waals surface area (Å²) in [6, 6.07) is 5.09. The lowest BCUT2D eigenvalue weighted by Gasteiger charge is -2.39. The Bertz CT molecular complexity index is 1070. The Morgan fingerprint density at radius 3 is 2.50 bits per heavy atom. The Balaban J connectivity index is 1.53. The highest BCUT2D eigenvalue weighted by atomic mass is 16.7. The van der Waals surface area contributed by atoms with Gasteiger partial charge in [-0.1, -0.05) is 11.6 Å². The highest BCUT2D eigenvalue weighted by Gasteiger charge is 2.44. The lowest BCUT2D eigenvalue weighted by molar-refractivity contribution is -0.299. The van der Waals surface area contributed by atoms with Crippen molar-refractivity contribution in [1.82, 2.24) is 0 Å². The zero-order chi connectivity index (χ0) is 27.8. The zero-order valence-corrected chi connectivity index (χ0v) is 21.7. The maximum Gasteiger partial charge on any atom is 0.334 e. The number of esters is 2. The van der Waals surface area contributed by atoms with E-state index in [2.05, 4.69) is 0 Å². The number of cyclic esters (lactones) is 1. The monoisotopic (exact) mass is 534 g/mol. The van der Waals surface area contributed by atoms with E-state index < -0.39 is 49.3 Å². The molecule has 6 atom stereocenters. The number of rotatable bonds is 10. The number of carbonyl (C=O) groups excluding carboxylic acids is 2. The van der Waals surface area contributed by atoms with Crippen LogP contribution in [0.3, 0.4) is 0 Å². The average Bonchev–Trinajstić information content (AvgIpc) is 3.24. The molecule has 3 N–H and O–H groups in total. The van der Waals surface area contributed by atoms with Gasteiger partial charge in [0, 0.05) is 18.1 Å². The Morgan fingerprint density at radius 1 is 1.08 bits per heavy atom. The van der Waals surface area contributed by atoms with Crippen LogP contribution in [0.4, 0.5) is 0 Å². The fourth-order valence-corrected chi connectivity index (χ4v) is 3.95. The third-order valence-electron chi connectivity index (χ3n) is 5.93. The Kier molecular flexibility index (Phi) is 10.5. The molecule has 0 bridgehead atoms. The third kappa shape index (κ3) is 7.65. The van der Waals surface area contributed by atoms with Crippen molar-refractivity contribution in [3.8, 4) is 11.5 Å². The average molecular weight is 535 g/mol. The number of hydrogen-bond acceptors (Lipinski definition) is 11. The molecule has 1 aromatic carbocycles. The number of hydrogen-bond donors (Lipinski definition) is 3. The summed E-state index contributed by atoms with van der Waals surface area (Å²) in [6.07, 6.45) is -1.08. The fraction of sp³-hybridized carbons (Fsp3) is 0.481. The highest BCUT2D eigenvalue weighted by molar-refractivity contribution is 5.91. The second-order valence-electron chi connectivity index (χ2n) is 9.05. The first-order valence-electron chi connectivity index (χ1n) is 12.1. The van der Waals surface area contributed by atoms with Crippen molar-refractivity contribution in [3.05, 3.63) is 53.1 Å². The molecule has 11 nitrogen and oxygen atoms in total. The summed E-state index contributed by atoms with van der Waals surface area (Å²) in [5.41, 5.74) is 2.10. The standard InChI is InChI=1S/C27H34O11/c1-15(2)11-18-13-17(26(32)37-18)9-10-35-27-25(31)24(30)23(29)21(38-27)14-36-22(28)8-6-16-5-7-19(33-3)20(12-16)34-4/h5-9,11-12,18,21,23-25,27,29-31H,10,13-14H2,1-4H3/b8-6+,17-9-/t18-,21-,23-,24+,25-,27-/m0/s1. The smallest absolute Gasteiger partial charge is 0.334 e. The number of aliphatic hydroxyl groups is 3. The second kappa shape index (κ2) is 13.5. The molecular weight excluding hydrogens is 500 g/mol. The molecule has 38 heavy (non-hydrogen) atoms. The Morgan fingerprint density at radius 2 is 1.82 bits per heavy atom. The van der Waals surface area contributed by atoms with E-state index in [9.17, 15) is 24.9 Å². The highest BCUT2D eigenvalue weighted by Crippen LogP contribution is 2.28. The van der Waals surface area contributed by atoms with E-state index in [1.165, 1.54) is 32.4 Å². The van der Waals surface area contributed by atoms with Crippen LogP contribution in [-0.4, -0.2) is 91.5 Å². The largest absolute Gasteiger partial charge is 0.493 e. The van der Waals surface area contributed by atoms with E-state index in [4.69, 9.17) is 28.4 Å². The summed E-state index contributed by atoms with van der Waals surface area (Å²) in [5.74, 6) is -0.138. The molecule has 3 rings (SSSR count). The van der Waals surface area contributed by atoms with Gasteiger partial charge in [0.15, 0.2) is 17.8 Å². The number of aliphatic hydroxyl groups excluding tert-OH is 3. The van der Waals surface area contributed by atoms with Gasteiger partial charge in [0.1, 0.15) is 37.1 Å². The van der Waals surface area contributed by atoms with Crippen molar-refractivity contribution in [1.29, 1.82) is 0 Å². The second-order valence-corrected chi connectivity index (χ2v) is 9.05. The summed E-state index contributed by atoms with van der Waals surface area (Å²) < 4.78 is 31.9. The molecule has 0 aromatic heterocycles. The summed E-state index contributed by atoms with van der Waals surface area (Å²) in [4.78, 5) is 24.2. The number of ether oxygens (including phenoxy) is 6. The molecule has 0 radical (unpaired) electrons. The van der Waals surface area contributed by atoms with E-state index >= 15 is 0 Å². The van der Waals surface area contributed by atoms with E-state index in [1.807, 2.05) is 19.9 Å². The van der Waals surface area contributed by atoms with Crippen LogP contribution in [0, 0.1) is 0 Å². The Labute approximate surface area is 220 Å². The summed E-state index contributed by atoms with van der Waals surface area (Å²) in [7, 11) is 3.01. The normalized spacial score (nSPS) is 28.3. The maximum atomic E-state index is 12.2. The van der Waals surface area contributed by atoms with Crippen LogP contribution in [0.25, 0.3) is 6.08 Å². The van der Waals surface area contributed by atoms with Crippen LogP contribution in [-0.2, 0) is 28.5 Å². The first-order chi connectivity index (χ1) is 18.1. The first kappa shape index (κ1) is 29.3. The Hall–Kier alpha value is -3.22. The van der Waals surface area contributed by atoms with Crippen LogP contribution >= 0.6 is 0 Å². The van der Waals surface area contributed by atoms with Crippen LogP contribution in [0.15, 0.2) is 47.6 Å². The minimum Gasteiger partial charge on any atom is -0.493 e. The molecular formula is C27H34O11. The van der Waals surface area contributed by atoms with Gasteiger partial charge in [0.2, 0.25) is 0 Å². The first-order valence-corrected chi connectivity index (χ1v) is 12.1. The number of carbonyl (C=O) groups is 2. The number of allylic oxidation sites excluding steroid dienone is 1. The molecule has 208 valence electrons. The fourth-order valence-electron chi connectivity index (χ4n) is 3.95. The number of benzene rings is 1. The van der Waals surface area contributed by atoms with E-state index in [0.29, 0.717) is 29.1 Å². The van der Waals surface area contributed by atoms with Crippen LogP contribution in [0.2, 0.25) is 0 Å². The van der Waals surface area contributed by atoms with Gasteiger partial charge in [-0.25, -0.2) is 9.59 Å². The molecule has 1 aromatic rings. The van der Waals surface area contributed by atoms with Gasteiger partial charge in [-0.05, 0) is 49.8 Å². The predicted octanol–water partition coefficient (Wildman–Crippen LogP) is 1.29. The van der Waals surface area contributed by atoms with Crippen LogP contribution < -0.4 is 9.47 Å².